The van der Waals surface area contributed by atoms with Crippen molar-refractivity contribution in [2.45, 2.75) is 24.9 Å². The van der Waals surface area contributed by atoms with Crippen molar-refractivity contribution < 1.29 is 21.6 Å². The number of nitrogens with two attached hydrogens (primary N) is 1. The SMILES string of the molecule is CCN(CC)S(=O)(=O)c1ccc(Nc2ncnc(Nc3cccc(C(F)(F)F)c3)c2N)cc1. The van der Waals surface area contributed by atoms with Crippen LogP contribution >= 0.6 is 0 Å². The third-order valence-corrected chi connectivity index (χ3v) is 6.86. The lowest BCUT2D eigenvalue weighted by Gasteiger charge is -2.18. The number of nitrogen functional groups attached to an aromatic ring is 1. The van der Waals surface area contributed by atoms with E-state index in [1.165, 1.54) is 34.9 Å². The molecule has 0 saturated carbocycles. The molecule has 0 aliphatic rings. The second-order valence-electron chi connectivity index (χ2n) is 6.93. The number of hydrogen-bond donors (Lipinski definition) is 3. The highest BCUT2D eigenvalue weighted by atomic mass is 32.2. The summed E-state index contributed by atoms with van der Waals surface area (Å²) >= 11 is 0. The van der Waals surface area contributed by atoms with Crippen LogP contribution in [-0.2, 0) is 16.2 Å². The predicted octanol–water partition coefficient (Wildman–Crippen LogP) is 4.60. The van der Waals surface area contributed by atoms with Gasteiger partial charge in [-0.25, -0.2) is 18.4 Å². The molecular formula is C21H23F3N6O2S. The maximum absolute atomic E-state index is 13.0. The van der Waals surface area contributed by atoms with E-state index >= 15 is 0 Å². The molecular weight excluding hydrogens is 457 g/mol. The van der Waals surface area contributed by atoms with Crippen LogP contribution < -0.4 is 16.4 Å². The molecule has 3 rings (SSSR count). The number of benzene rings is 2. The highest BCUT2D eigenvalue weighted by Gasteiger charge is 2.30. The number of nitrogens with one attached hydrogen (secondary N) is 2. The molecule has 0 fully saturated rings. The van der Waals surface area contributed by atoms with Crippen LogP contribution in [0.25, 0.3) is 0 Å². The van der Waals surface area contributed by atoms with E-state index in [2.05, 4.69) is 20.6 Å². The summed E-state index contributed by atoms with van der Waals surface area (Å²) in [5.74, 6) is 0.325. The van der Waals surface area contributed by atoms with Crippen molar-refractivity contribution >= 4 is 38.7 Å². The first-order chi connectivity index (χ1) is 15.6. The van der Waals surface area contributed by atoms with Crippen LogP contribution in [0.4, 0.5) is 41.9 Å². The van der Waals surface area contributed by atoms with Gasteiger partial charge in [0.05, 0.1) is 10.5 Å². The number of aromatic nitrogens is 2. The van der Waals surface area contributed by atoms with Gasteiger partial charge >= 0.3 is 6.18 Å². The van der Waals surface area contributed by atoms with Crippen LogP contribution in [0.3, 0.4) is 0 Å². The highest BCUT2D eigenvalue weighted by molar-refractivity contribution is 7.89. The molecule has 0 atom stereocenters. The lowest BCUT2D eigenvalue weighted by atomic mass is 10.2. The van der Waals surface area contributed by atoms with Gasteiger partial charge in [-0.15, -0.1) is 0 Å². The molecule has 0 saturated heterocycles. The van der Waals surface area contributed by atoms with E-state index in [9.17, 15) is 21.6 Å². The lowest BCUT2D eigenvalue weighted by Crippen LogP contribution is -2.30. The van der Waals surface area contributed by atoms with Crippen LogP contribution in [0.15, 0.2) is 59.8 Å². The molecule has 0 unspecified atom stereocenters. The molecule has 0 aliphatic carbocycles. The van der Waals surface area contributed by atoms with Crippen molar-refractivity contribution in [2.75, 3.05) is 29.5 Å². The van der Waals surface area contributed by atoms with Gasteiger partial charge in [-0.3, -0.25) is 0 Å². The summed E-state index contributed by atoms with van der Waals surface area (Å²) in [6, 6.07) is 10.7. The van der Waals surface area contributed by atoms with E-state index in [1.807, 2.05) is 0 Å². The van der Waals surface area contributed by atoms with E-state index in [4.69, 9.17) is 5.73 Å². The van der Waals surface area contributed by atoms with Gasteiger partial charge in [0, 0.05) is 24.5 Å². The van der Waals surface area contributed by atoms with Gasteiger partial charge < -0.3 is 16.4 Å². The van der Waals surface area contributed by atoms with Crippen molar-refractivity contribution in [3.05, 3.63) is 60.4 Å². The third kappa shape index (κ3) is 5.52. The largest absolute Gasteiger partial charge is 0.416 e. The summed E-state index contributed by atoms with van der Waals surface area (Å²) in [6.45, 7) is 4.25. The van der Waals surface area contributed by atoms with E-state index in [0.29, 0.717) is 18.8 Å². The molecule has 0 bridgehead atoms. The molecule has 0 aliphatic heterocycles. The number of alkyl halides is 3. The van der Waals surface area contributed by atoms with Crippen molar-refractivity contribution in [3.63, 3.8) is 0 Å². The van der Waals surface area contributed by atoms with Crippen molar-refractivity contribution in [1.82, 2.24) is 14.3 Å². The Hall–Kier alpha value is -3.38. The monoisotopic (exact) mass is 480 g/mol. The average molecular weight is 481 g/mol. The molecule has 4 N–H and O–H groups in total. The van der Waals surface area contributed by atoms with Crippen molar-refractivity contribution in [2.24, 2.45) is 0 Å². The minimum atomic E-state index is -4.48. The Balaban J connectivity index is 1.81. The highest BCUT2D eigenvalue weighted by Crippen LogP contribution is 2.33. The number of hydrogen-bond acceptors (Lipinski definition) is 7. The van der Waals surface area contributed by atoms with Crippen LogP contribution in [0.2, 0.25) is 0 Å². The Bertz CT molecular complexity index is 1210. The fourth-order valence-electron chi connectivity index (χ4n) is 3.06. The molecule has 2 aromatic carbocycles. The normalized spacial score (nSPS) is 12.1. The zero-order valence-electron chi connectivity index (χ0n) is 17.9. The lowest BCUT2D eigenvalue weighted by molar-refractivity contribution is -0.137. The number of halogens is 3. The fourth-order valence-corrected chi connectivity index (χ4v) is 4.52. The number of rotatable bonds is 8. The number of nitrogens with zero attached hydrogens (tertiary/aromatic N) is 3. The summed E-state index contributed by atoms with van der Waals surface area (Å²) in [5.41, 5.74) is 6.05. The van der Waals surface area contributed by atoms with Crippen LogP contribution in [0, 0.1) is 0 Å². The molecule has 1 heterocycles. The van der Waals surface area contributed by atoms with Gasteiger partial charge in [-0.1, -0.05) is 19.9 Å². The molecule has 3 aromatic rings. The number of anilines is 5. The second-order valence-corrected chi connectivity index (χ2v) is 8.86. The molecule has 176 valence electrons. The summed E-state index contributed by atoms with van der Waals surface area (Å²) in [7, 11) is -3.59. The first-order valence-electron chi connectivity index (χ1n) is 9.98. The van der Waals surface area contributed by atoms with E-state index in [0.717, 1.165) is 12.1 Å². The molecule has 0 spiro atoms. The minimum Gasteiger partial charge on any atom is -0.393 e. The molecule has 8 nitrogen and oxygen atoms in total. The predicted molar refractivity (Wildman–Crippen MR) is 121 cm³/mol. The smallest absolute Gasteiger partial charge is 0.393 e. The third-order valence-electron chi connectivity index (χ3n) is 4.80. The number of sulfonamides is 1. The average Bonchev–Trinajstić information content (AvgIpc) is 2.77. The first kappa shape index (κ1) is 24.3. The topological polar surface area (TPSA) is 113 Å². The van der Waals surface area contributed by atoms with Crippen molar-refractivity contribution in [1.29, 1.82) is 0 Å². The van der Waals surface area contributed by atoms with Gasteiger partial charge in [-0.05, 0) is 42.5 Å². The zero-order chi connectivity index (χ0) is 24.2. The van der Waals surface area contributed by atoms with E-state index < -0.39 is 21.8 Å². The summed E-state index contributed by atoms with van der Waals surface area (Å²) in [4.78, 5) is 8.22. The maximum atomic E-state index is 13.0. The van der Waals surface area contributed by atoms with Gasteiger partial charge in [0.1, 0.15) is 12.0 Å². The Labute approximate surface area is 189 Å². The first-order valence-corrected chi connectivity index (χ1v) is 11.4. The molecule has 33 heavy (non-hydrogen) atoms. The Kier molecular flexibility index (Phi) is 7.08. The fraction of sp³-hybridized carbons (Fsp3) is 0.238. The van der Waals surface area contributed by atoms with Crippen molar-refractivity contribution in [3.8, 4) is 0 Å². The van der Waals surface area contributed by atoms with E-state index in [-0.39, 0.29) is 27.9 Å². The minimum absolute atomic E-state index is 0.0785. The van der Waals surface area contributed by atoms with Gasteiger partial charge in [-0.2, -0.15) is 17.5 Å². The van der Waals surface area contributed by atoms with Gasteiger partial charge in [0.2, 0.25) is 10.0 Å². The van der Waals surface area contributed by atoms with E-state index in [1.54, 1.807) is 26.0 Å². The second kappa shape index (κ2) is 9.63. The molecule has 12 heteroatoms. The summed E-state index contributed by atoms with van der Waals surface area (Å²) in [5, 5.41) is 5.73. The van der Waals surface area contributed by atoms with Gasteiger partial charge in [0.25, 0.3) is 0 Å². The Morgan fingerprint density at radius 3 is 2.06 bits per heavy atom. The molecule has 0 amide bonds. The van der Waals surface area contributed by atoms with Crippen LogP contribution in [0.5, 0.6) is 0 Å². The summed E-state index contributed by atoms with van der Waals surface area (Å²) < 4.78 is 65.4. The zero-order valence-corrected chi connectivity index (χ0v) is 18.7. The quantitative estimate of drug-likeness (QED) is 0.432. The standard InChI is InChI=1S/C21H23F3N6O2S/c1-3-30(4-2)33(31,32)17-10-8-15(9-11-17)28-19-18(25)20(27-13-26-19)29-16-7-5-6-14(12-16)21(22,23)24/h5-13H,3-4,25H2,1-2H3,(H2,26,27,28,29). The van der Waals surface area contributed by atoms with Crippen LogP contribution in [-0.4, -0.2) is 35.8 Å². The summed E-state index contributed by atoms with van der Waals surface area (Å²) in [6.07, 6.45) is -3.28. The Morgan fingerprint density at radius 1 is 0.939 bits per heavy atom. The molecule has 1 aromatic heterocycles. The van der Waals surface area contributed by atoms with Crippen LogP contribution in [0.1, 0.15) is 19.4 Å². The maximum Gasteiger partial charge on any atom is 0.416 e. The van der Waals surface area contributed by atoms with Gasteiger partial charge in [0.15, 0.2) is 11.6 Å². The Morgan fingerprint density at radius 2 is 1.52 bits per heavy atom. The molecule has 0 radical (unpaired) electrons.